The van der Waals surface area contributed by atoms with Crippen molar-refractivity contribution in [2.75, 3.05) is 0 Å². The number of hydrogen-bond donors (Lipinski definition) is 0. The Kier molecular flexibility index (Phi) is 4.21. The van der Waals surface area contributed by atoms with E-state index < -0.39 is 11.7 Å². The van der Waals surface area contributed by atoms with Crippen LogP contribution in [0.25, 0.3) is 16.6 Å². The quantitative estimate of drug-likeness (QED) is 0.364. The van der Waals surface area contributed by atoms with E-state index in [4.69, 9.17) is 0 Å². The van der Waals surface area contributed by atoms with E-state index >= 15 is 0 Å². The fraction of sp³-hybridized carbons (Fsp3) is 0.0435. The van der Waals surface area contributed by atoms with Crippen molar-refractivity contribution in [2.45, 2.75) is 6.18 Å². The standard InChI is InChI=1S/C23H14F3N/c24-23(25,26)19-13-10-17(11-14-19)12-15-21-16-18-6-4-5-9-22(18)27(21)20-7-2-1-3-8-20/h1-11,13-14,16H. The Morgan fingerprint density at radius 3 is 2.07 bits per heavy atom. The number of aromatic nitrogens is 1. The molecule has 1 nitrogen and oxygen atoms in total. The average molecular weight is 361 g/mol. The van der Waals surface area contributed by atoms with Gasteiger partial charge in [-0.05, 0) is 54.5 Å². The van der Waals surface area contributed by atoms with Crippen molar-refractivity contribution < 1.29 is 13.2 Å². The zero-order valence-corrected chi connectivity index (χ0v) is 14.2. The molecule has 1 aromatic heterocycles. The van der Waals surface area contributed by atoms with Gasteiger partial charge in [-0.1, -0.05) is 42.3 Å². The third-order valence-electron chi connectivity index (χ3n) is 4.27. The fourth-order valence-corrected chi connectivity index (χ4v) is 2.98. The third-order valence-corrected chi connectivity index (χ3v) is 4.27. The molecule has 0 bridgehead atoms. The molecule has 0 aliphatic carbocycles. The molecule has 0 saturated heterocycles. The highest BCUT2D eigenvalue weighted by molar-refractivity contribution is 5.84. The van der Waals surface area contributed by atoms with Gasteiger partial charge in [0.2, 0.25) is 0 Å². The number of fused-ring (bicyclic) bond motifs is 1. The van der Waals surface area contributed by atoms with Gasteiger partial charge in [0.1, 0.15) is 0 Å². The molecule has 0 saturated carbocycles. The molecule has 1 heterocycles. The monoisotopic (exact) mass is 361 g/mol. The second kappa shape index (κ2) is 6.69. The summed E-state index contributed by atoms with van der Waals surface area (Å²) in [7, 11) is 0. The highest BCUT2D eigenvalue weighted by atomic mass is 19.4. The first-order valence-electron chi connectivity index (χ1n) is 8.37. The molecule has 0 aliphatic rings. The largest absolute Gasteiger partial charge is 0.416 e. The second-order valence-electron chi connectivity index (χ2n) is 6.08. The van der Waals surface area contributed by atoms with Crippen LogP contribution in [0.3, 0.4) is 0 Å². The van der Waals surface area contributed by atoms with Crippen LogP contribution in [-0.4, -0.2) is 4.57 Å². The first-order valence-corrected chi connectivity index (χ1v) is 8.37. The molecule has 0 radical (unpaired) electrons. The van der Waals surface area contributed by atoms with Crippen LogP contribution in [0, 0.1) is 11.8 Å². The Morgan fingerprint density at radius 2 is 1.37 bits per heavy atom. The van der Waals surface area contributed by atoms with Gasteiger partial charge in [0.25, 0.3) is 0 Å². The van der Waals surface area contributed by atoms with Crippen LogP contribution in [-0.2, 0) is 6.18 Å². The van der Waals surface area contributed by atoms with Crippen molar-refractivity contribution in [1.82, 2.24) is 4.57 Å². The predicted octanol–water partition coefficient (Wildman–Crippen LogP) is 6.05. The summed E-state index contributed by atoms with van der Waals surface area (Å²) < 4.78 is 40.1. The highest BCUT2D eigenvalue weighted by Gasteiger charge is 2.29. The van der Waals surface area contributed by atoms with Gasteiger partial charge in [-0.15, -0.1) is 0 Å². The maximum Gasteiger partial charge on any atom is 0.416 e. The Labute approximate surface area is 154 Å². The minimum absolute atomic E-state index is 0.535. The topological polar surface area (TPSA) is 4.93 Å². The van der Waals surface area contributed by atoms with E-state index in [-0.39, 0.29) is 0 Å². The lowest BCUT2D eigenvalue weighted by molar-refractivity contribution is -0.137. The van der Waals surface area contributed by atoms with E-state index in [0.717, 1.165) is 34.4 Å². The first kappa shape index (κ1) is 17.0. The number of alkyl halides is 3. The maximum atomic E-state index is 12.7. The predicted molar refractivity (Wildman–Crippen MR) is 101 cm³/mol. The van der Waals surface area contributed by atoms with Crippen molar-refractivity contribution in [2.24, 2.45) is 0 Å². The van der Waals surface area contributed by atoms with E-state index in [1.807, 2.05) is 65.2 Å². The summed E-state index contributed by atoms with van der Waals surface area (Å²) in [4.78, 5) is 0. The van der Waals surface area contributed by atoms with Crippen LogP contribution >= 0.6 is 0 Å². The summed E-state index contributed by atoms with van der Waals surface area (Å²) in [5, 5.41) is 1.05. The molecule has 0 spiro atoms. The minimum Gasteiger partial charge on any atom is -0.303 e. The van der Waals surface area contributed by atoms with Crippen LogP contribution in [0.2, 0.25) is 0 Å². The van der Waals surface area contributed by atoms with E-state index in [2.05, 4.69) is 11.8 Å². The Balaban J connectivity index is 1.79. The van der Waals surface area contributed by atoms with Crippen LogP contribution in [0.5, 0.6) is 0 Å². The van der Waals surface area contributed by atoms with Crippen LogP contribution in [0.15, 0.2) is 84.9 Å². The van der Waals surface area contributed by atoms with E-state index in [9.17, 15) is 13.2 Å². The summed E-state index contributed by atoms with van der Waals surface area (Å²) >= 11 is 0. The fourth-order valence-electron chi connectivity index (χ4n) is 2.98. The zero-order chi connectivity index (χ0) is 18.9. The summed E-state index contributed by atoms with van der Waals surface area (Å²) in [5.41, 5.74) is 2.65. The van der Waals surface area contributed by atoms with Gasteiger partial charge in [-0.25, -0.2) is 0 Å². The molecule has 0 unspecified atom stereocenters. The van der Waals surface area contributed by atoms with Crippen molar-refractivity contribution in [3.8, 4) is 17.5 Å². The smallest absolute Gasteiger partial charge is 0.303 e. The highest BCUT2D eigenvalue weighted by Crippen LogP contribution is 2.29. The second-order valence-corrected chi connectivity index (χ2v) is 6.08. The van der Waals surface area contributed by atoms with Gasteiger partial charge in [0.05, 0.1) is 16.8 Å². The molecule has 4 heteroatoms. The number of benzene rings is 3. The van der Waals surface area contributed by atoms with Crippen molar-refractivity contribution in [3.05, 3.63) is 102 Å². The van der Waals surface area contributed by atoms with E-state index in [0.29, 0.717) is 5.56 Å². The minimum atomic E-state index is -4.34. The maximum absolute atomic E-state index is 12.7. The molecule has 0 amide bonds. The van der Waals surface area contributed by atoms with Gasteiger partial charge in [-0.3, -0.25) is 0 Å². The lowest BCUT2D eigenvalue weighted by Gasteiger charge is -2.07. The van der Waals surface area contributed by atoms with Crippen molar-refractivity contribution in [3.63, 3.8) is 0 Å². The Hall–Kier alpha value is -3.45. The molecule has 4 aromatic rings. The molecule has 0 atom stereocenters. The number of nitrogens with zero attached hydrogens (tertiary/aromatic N) is 1. The van der Waals surface area contributed by atoms with Gasteiger partial charge in [0.15, 0.2) is 0 Å². The van der Waals surface area contributed by atoms with Gasteiger partial charge in [0, 0.05) is 16.6 Å². The molecule has 0 fully saturated rings. The number of rotatable bonds is 1. The zero-order valence-electron chi connectivity index (χ0n) is 14.2. The third kappa shape index (κ3) is 3.45. The van der Waals surface area contributed by atoms with Gasteiger partial charge in [-0.2, -0.15) is 13.2 Å². The Bertz CT molecular complexity index is 1140. The molecule has 132 valence electrons. The molecular weight excluding hydrogens is 347 g/mol. The molecule has 0 N–H and O–H groups in total. The molecule has 27 heavy (non-hydrogen) atoms. The molecule has 4 rings (SSSR count). The number of para-hydroxylation sites is 2. The summed E-state index contributed by atoms with van der Waals surface area (Å²) in [6, 6.07) is 24.7. The Morgan fingerprint density at radius 1 is 0.704 bits per heavy atom. The number of halogens is 3. The van der Waals surface area contributed by atoms with E-state index in [1.54, 1.807) is 0 Å². The summed E-state index contributed by atoms with van der Waals surface area (Å²) in [6.07, 6.45) is -4.34. The van der Waals surface area contributed by atoms with Gasteiger partial charge >= 0.3 is 6.18 Å². The SMILES string of the molecule is FC(F)(F)c1ccc(C#Cc2cc3ccccc3n2-c2ccccc2)cc1. The van der Waals surface area contributed by atoms with Crippen LogP contribution < -0.4 is 0 Å². The summed E-state index contributed by atoms with van der Waals surface area (Å²) in [5.74, 6) is 6.08. The summed E-state index contributed by atoms with van der Waals surface area (Å²) in [6.45, 7) is 0. The van der Waals surface area contributed by atoms with Crippen LogP contribution in [0.1, 0.15) is 16.8 Å². The molecule has 0 aliphatic heterocycles. The average Bonchev–Trinajstić information content (AvgIpc) is 3.05. The van der Waals surface area contributed by atoms with Crippen molar-refractivity contribution >= 4 is 10.9 Å². The van der Waals surface area contributed by atoms with Gasteiger partial charge < -0.3 is 4.57 Å². The lowest BCUT2D eigenvalue weighted by atomic mass is 10.1. The van der Waals surface area contributed by atoms with E-state index in [1.165, 1.54) is 12.1 Å². The van der Waals surface area contributed by atoms with Crippen LogP contribution in [0.4, 0.5) is 13.2 Å². The molecular formula is C23H14F3N. The first-order chi connectivity index (χ1) is 13.0. The molecule has 3 aromatic carbocycles. The number of hydrogen-bond acceptors (Lipinski definition) is 0. The normalized spacial score (nSPS) is 11.2. The van der Waals surface area contributed by atoms with Crippen molar-refractivity contribution in [1.29, 1.82) is 0 Å². The lowest BCUT2D eigenvalue weighted by Crippen LogP contribution is -2.04.